The Bertz CT molecular complexity index is 1070. The Morgan fingerprint density at radius 2 is 1.54 bits per heavy atom. The molecule has 4 nitrogen and oxygen atoms in total. The van der Waals surface area contributed by atoms with Gasteiger partial charge >= 0.3 is 5.97 Å². The molecular weight excluding hydrogens is 350 g/mol. The molecule has 136 valence electrons. The molecule has 0 atom stereocenters. The van der Waals surface area contributed by atoms with Gasteiger partial charge in [0.2, 0.25) is 5.78 Å². The van der Waals surface area contributed by atoms with E-state index in [1.54, 1.807) is 60.7 Å². The molecule has 0 unspecified atom stereocenters. The van der Waals surface area contributed by atoms with Crippen molar-refractivity contribution in [2.24, 2.45) is 0 Å². The maximum atomic E-state index is 12.4. The zero-order valence-corrected chi connectivity index (χ0v) is 15.3. The van der Waals surface area contributed by atoms with Crippen LogP contribution in [0.15, 0.2) is 84.4 Å². The molecule has 0 heterocycles. The van der Waals surface area contributed by atoms with Gasteiger partial charge in [-0.2, -0.15) is 5.26 Å². The van der Waals surface area contributed by atoms with Crippen LogP contribution in [0.4, 0.5) is 0 Å². The van der Waals surface area contributed by atoms with E-state index in [1.165, 1.54) is 6.08 Å². The van der Waals surface area contributed by atoms with E-state index in [2.05, 4.69) is 0 Å². The van der Waals surface area contributed by atoms with E-state index < -0.39 is 5.97 Å². The number of hydrogen-bond acceptors (Lipinski definition) is 4. The molecule has 0 aliphatic rings. The molecule has 0 aromatic heterocycles. The number of hydrogen-bond donors (Lipinski definition) is 0. The molecule has 0 aliphatic carbocycles. The molecule has 28 heavy (non-hydrogen) atoms. The molecule has 0 fully saturated rings. The number of esters is 1. The summed E-state index contributed by atoms with van der Waals surface area (Å²) in [4.78, 5) is 24.7. The molecular formula is C24H17NO3. The lowest BCUT2D eigenvalue weighted by atomic mass is 10.0. The summed E-state index contributed by atoms with van der Waals surface area (Å²) in [6.45, 7) is 1.84. The van der Waals surface area contributed by atoms with Crippen molar-refractivity contribution < 1.29 is 14.3 Å². The Hall–Kier alpha value is -3.97. The highest BCUT2D eigenvalue weighted by Gasteiger charge is 2.13. The van der Waals surface area contributed by atoms with Crippen LogP contribution in [0.3, 0.4) is 0 Å². The van der Waals surface area contributed by atoms with Gasteiger partial charge < -0.3 is 4.74 Å². The van der Waals surface area contributed by atoms with Crippen molar-refractivity contribution >= 4 is 17.8 Å². The van der Waals surface area contributed by atoms with E-state index in [0.717, 1.165) is 5.56 Å². The zero-order valence-electron chi connectivity index (χ0n) is 15.3. The number of carbonyl (C=O) groups is 2. The number of benzene rings is 3. The lowest BCUT2D eigenvalue weighted by Gasteiger charge is -2.07. The molecule has 0 radical (unpaired) electrons. The molecule has 3 aromatic carbocycles. The van der Waals surface area contributed by atoms with E-state index in [-0.39, 0.29) is 11.4 Å². The molecule has 0 aliphatic heterocycles. The minimum Gasteiger partial charge on any atom is -0.423 e. The van der Waals surface area contributed by atoms with Crippen molar-refractivity contribution in [1.29, 1.82) is 5.26 Å². The van der Waals surface area contributed by atoms with Crippen molar-refractivity contribution in [3.05, 3.63) is 107 Å². The molecule has 0 bridgehead atoms. The van der Waals surface area contributed by atoms with Crippen LogP contribution >= 0.6 is 0 Å². The van der Waals surface area contributed by atoms with E-state index in [9.17, 15) is 14.9 Å². The molecule has 3 aromatic rings. The zero-order chi connectivity index (χ0) is 19.9. The summed E-state index contributed by atoms with van der Waals surface area (Å²) < 4.78 is 5.39. The van der Waals surface area contributed by atoms with Crippen LogP contribution in [0.5, 0.6) is 5.75 Å². The number of carbonyl (C=O) groups excluding carboxylic acids is 2. The van der Waals surface area contributed by atoms with Crippen LogP contribution in [0.1, 0.15) is 31.8 Å². The normalized spacial score (nSPS) is 10.8. The van der Waals surface area contributed by atoms with Crippen LogP contribution in [0.2, 0.25) is 0 Å². The maximum absolute atomic E-state index is 12.4. The molecule has 0 amide bonds. The smallest absolute Gasteiger partial charge is 0.343 e. The minimum absolute atomic E-state index is 0.0378. The van der Waals surface area contributed by atoms with Gasteiger partial charge in [-0.25, -0.2) is 4.79 Å². The highest BCUT2D eigenvalue weighted by atomic mass is 16.5. The monoisotopic (exact) mass is 367 g/mol. The predicted octanol–water partition coefficient (Wildman–Crippen LogP) is 5.00. The van der Waals surface area contributed by atoms with E-state index in [4.69, 9.17) is 4.74 Å². The Kier molecular flexibility index (Phi) is 5.78. The average Bonchev–Trinajstić information content (AvgIpc) is 2.73. The lowest BCUT2D eigenvalue weighted by Crippen LogP contribution is -2.09. The van der Waals surface area contributed by atoms with Gasteiger partial charge in [-0.3, -0.25) is 4.79 Å². The quantitative estimate of drug-likeness (QED) is 0.209. The highest BCUT2D eigenvalue weighted by molar-refractivity contribution is 6.14. The van der Waals surface area contributed by atoms with E-state index >= 15 is 0 Å². The fourth-order valence-corrected chi connectivity index (χ4v) is 2.66. The molecule has 4 heteroatoms. The van der Waals surface area contributed by atoms with Crippen LogP contribution in [0, 0.1) is 18.3 Å². The number of allylic oxidation sites excluding steroid dienone is 1. The van der Waals surface area contributed by atoms with Gasteiger partial charge in [-0.15, -0.1) is 0 Å². The van der Waals surface area contributed by atoms with Crippen molar-refractivity contribution in [1.82, 2.24) is 0 Å². The number of ether oxygens (including phenoxy) is 1. The summed E-state index contributed by atoms with van der Waals surface area (Å²) in [5, 5.41) is 9.34. The Morgan fingerprint density at radius 3 is 2.18 bits per heavy atom. The first-order chi connectivity index (χ1) is 13.6. The summed E-state index contributed by atoms with van der Waals surface area (Å²) in [5.41, 5.74) is 2.50. The van der Waals surface area contributed by atoms with Crippen molar-refractivity contribution in [2.75, 3.05) is 0 Å². The summed E-state index contributed by atoms with van der Waals surface area (Å²) in [6, 6.07) is 24.4. The average molecular weight is 367 g/mol. The second-order valence-electron chi connectivity index (χ2n) is 6.14. The molecule has 3 rings (SSSR count). The second-order valence-corrected chi connectivity index (χ2v) is 6.14. The first kappa shape index (κ1) is 18.8. The summed E-state index contributed by atoms with van der Waals surface area (Å²) in [6.07, 6.45) is 1.52. The summed E-state index contributed by atoms with van der Waals surface area (Å²) >= 11 is 0. The van der Waals surface area contributed by atoms with Crippen molar-refractivity contribution in [2.45, 2.75) is 6.92 Å². The molecule has 0 spiro atoms. The first-order valence-electron chi connectivity index (χ1n) is 8.68. The predicted molar refractivity (Wildman–Crippen MR) is 107 cm³/mol. The topological polar surface area (TPSA) is 67.2 Å². The third-order valence-corrected chi connectivity index (χ3v) is 4.17. The lowest BCUT2D eigenvalue weighted by molar-refractivity contribution is 0.0734. The van der Waals surface area contributed by atoms with Gasteiger partial charge in [0.15, 0.2) is 0 Å². The molecule has 0 saturated heterocycles. The molecule has 0 N–H and O–H groups in total. The summed E-state index contributed by atoms with van der Waals surface area (Å²) in [7, 11) is 0. The van der Waals surface area contributed by atoms with Gasteiger partial charge in [0.25, 0.3) is 0 Å². The van der Waals surface area contributed by atoms with Gasteiger partial charge in [0.05, 0.1) is 5.56 Å². The number of nitrogens with zero attached hydrogens (tertiary/aromatic N) is 1. The van der Waals surface area contributed by atoms with Gasteiger partial charge in [0.1, 0.15) is 17.4 Å². The van der Waals surface area contributed by atoms with E-state index in [1.807, 2.05) is 31.2 Å². The fraction of sp³-hybridized carbons (Fsp3) is 0.0417. The van der Waals surface area contributed by atoms with Crippen molar-refractivity contribution in [3.8, 4) is 11.8 Å². The third-order valence-electron chi connectivity index (χ3n) is 4.17. The third kappa shape index (κ3) is 4.40. The highest BCUT2D eigenvalue weighted by Crippen LogP contribution is 2.18. The van der Waals surface area contributed by atoms with Crippen molar-refractivity contribution in [3.63, 3.8) is 0 Å². The van der Waals surface area contributed by atoms with Crippen LogP contribution in [0.25, 0.3) is 6.08 Å². The first-order valence-corrected chi connectivity index (χ1v) is 8.68. The second kappa shape index (κ2) is 8.61. The Balaban J connectivity index is 1.76. The fourth-order valence-electron chi connectivity index (χ4n) is 2.66. The largest absolute Gasteiger partial charge is 0.423 e. The van der Waals surface area contributed by atoms with Crippen LogP contribution < -0.4 is 4.74 Å². The van der Waals surface area contributed by atoms with Crippen LogP contribution in [-0.2, 0) is 0 Å². The van der Waals surface area contributed by atoms with Crippen LogP contribution in [-0.4, -0.2) is 11.8 Å². The number of nitriles is 1. The minimum atomic E-state index is -0.432. The SMILES string of the molecule is Cc1ccccc1C(=O)Oc1ccc(/C=C(\C#N)C(=O)c2ccccc2)cc1. The van der Waals surface area contributed by atoms with Gasteiger partial charge in [-0.1, -0.05) is 60.7 Å². The number of aryl methyl sites for hydroxylation is 1. The molecule has 0 saturated carbocycles. The standard InChI is InChI=1S/C24H17NO3/c1-17-7-5-6-10-22(17)24(27)28-21-13-11-18(12-14-21)15-20(16-25)23(26)19-8-3-2-4-9-19/h2-15H,1H3/b20-15+. The number of Topliss-reactive ketones (excluding diaryl/α,β-unsaturated/α-hetero) is 1. The maximum Gasteiger partial charge on any atom is 0.343 e. The van der Waals surface area contributed by atoms with Gasteiger partial charge in [-0.05, 0) is 42.3 Å². The Labute approximate surface area is 163 Å². The number of ketones is 1. The summed E-state index contributed by atoms with van der Waals surface area (Å²) in [5.74, 6) is -0.380. The Morgan fingerprint density at radius 1 is 0.893 bits per heavy atom. The van der Waals surface area contributed by atoms with Gasteiger partial charge in [0, 0.05) is 5.56 Å². The number of rotatable bonds is 5. The van der Waals surface area contributed by atoms with E-state index in [0.29, 0.717) is 22.4 Å².